The maximum Gasteiger partial charge on any atom is 0.270 e. The van der Waals surface area contributed by atoms with Crippen molar-refractivity contribution in [1.82, 2.24) is 10.3 Å². The summed E-state index contributed by atoms with van der Waals surface area (Å²) in [6.07, 6.45) is 1.56. The third kappa shape index (κ3) is 4.16. The molecular weight excluding hydrogens is 333 g/mol. The highest BCUT2D eigenvalue weighted by Crippen LogP contribution is 2.26. The topological polar surface area (TPSA) is 63.2 Å². The number of rotatable bonds is 6. The van der Waals surface area contributed by atoms with Gasteiger partial charge in [-0.05, 0) is 30.3 Å². The highest BCUT2D eigenvalue weighted by atomic mass is 19.1. The lowest BCUT2D eigenvalue weighted by Crippen LogP contribution is -2.24. The van der Waals surface area contributed by atoms with Crippen molar-refractivity contribution in [1.29, 1.82) is 0 Å². The molecule has 1 heterocycles. The molecule has 0 bridgehead atoms. The first-order valence-corrected chi connectivity index (χ1v) is 8.05. The smallest absolute Gasteiger partial charge is 0.270 e. The maximum atomic E-state index is 13.6. The van der Waals surface area contributed by atoms with Crippen LogP contribution in [0.5, 0.6) is 5.75 Å². The van der Waals surface area contributed by atoms with Gasteiger partial charge in [0.05, 0.1) is 24.7 Å². The van der Waals surface area contributed by atoms with Crippen molar-refractivity contribution >= 4 is 17.3 Å². The molecule has 0 radical (unpaired) electrons. The summed E-state index contributed by atoms with van der Waals surface area (Å²) in [7, 11) is 1.60. The molecule has 0 saturated carbocycles. The minimum absolute atomic E-state index is 0.106. The number of para-hydroxylation sites is 2. The number of amides is 1. The Hall–Kier alpha value is -3.41. The lowest BCUT2D eigenvalue weighted by Gasteiger charge is -2.11. The number of anilines is 2. The van der Waals surface area contributed by atoms with Gasteiger partial charge in [0, 0.05) is 12.1 Å². The third-order valence-electron chi connectivity index (χ3n) is 3.78. The molecule has 5 nitrogen and oxygen atoms in total. The zero-order valence-electron chi connectivity index (χ0n) is 14.2. The lowest BCUT2D eigenvalue weighted by atomic mass is 10.2. The summed E-state index contributed by atoms with van der Waals surface area (Å²) in [5.41, 5.74) is 2.20. The van der Waals surface area contributed by atoms with Crippen molar-refractivity contribution in [2.24, 2.45) is 0 Å². The molecule has 1 amide bonds. The zero-order valence-corrected chi connectivity index (χ0v) is 14.2. The molecule has 0 spiro atoms. The molecule has 0 aliphatic rings. The molecule has 0 atom stereocenters. The van der Waals surface area contributed by atoms with Gasteiger partial charge in [-0.1, -0.05) is 30.3 Å². The number of nitrogens with one attached hydrogen (secondary N) is 2. The van der Waals surface area contributed by atoms with Crippen LogP contribution in [-0.2, 0) is 6.54 Å². The average molecular weight is 351 g/mol. The van der Waals surface area contributed by atoms with Crippen LogP contribution in [0.2, 0.25) is 0 Å². The largest absolute Gasteiger partial charge is 0.495 e. The van der Waals surface area contributed by atoms with Gasteiger partial charge in [-0.25, -0.2) is 9.37 Å². The first-order valence-electron chi connectivity index (χ1n) is 8.05. The maximum absolute atomic E-state index is 13.6. The van der Waals surface area contributed by atoms with Crippen LogP contribution in [0.25, 0.3) is 0 Å². The van der Waals surface area contributed by atoms with Crippen molar-refractivity contribution in [2.75, 3.05) is 12.4 Å². The second kappa shape index (κ2) is 8.11. The quantitative estimate of drug-likeness (QED) is 0.707. The van der Waals surface area contributed by atoms with E-state index in [1.807, 2.05) is 24.3 Å². The van der Waals surface area contributed by atoms with Crippen LogP contribution in [0.15, 0.2) is 66.9 Å². The number of halogens is 1. The zero-order chi connectivity index (χ0) is 18.4. The molecule has 3 rings (SSSR count). The molecule has 1 aromatic heterocycles. The summed E-state index contributed by atoms with van der Waals surface area (Å²) in [5.74, 6) is -0.00609. The first kappa shape index (κ1) is 17.4. The number of hydrogen-bond acceptors (Lipinski definition) is 4. The number of ether oxygens (including phenoxy) is 1. The van der Waals surface area contributed by atoms with Gasteiger partial charge in [0.15, 0.2) is 0 Å². The number of nitrogens with zero attached hydrogens (tertiary/aromatic N) is 1. The Bertz CT molecular complexity index is 898. The Labute approximate surface area is 150 Å². The Morgan fingerprint density at radius 2 is 1.85 bits per heavy atom. The number of pyridine rings is 1. The van der Waals surface area contributed by atoms with Crippen molar-refractivity contribution < 1.29 is 13.9 Å². The van der Waals surface area contributed by atoms with E-state index in [9.17, 15) is 9.18 Å². The number of carbonyl (C=O) groups is 1. The lowest BCUT2D eigenvalue weighted by molar-refractivity contribution is 0.0945. The predicted molar refractivity (Wildman–Crippen MR) is 98.1 cm³/mol. The highest BCUT2D eigenvalue weighted by molar-refractivity contribution is 5.92. The van der Waals surface area contributed by atoms with Crippen LogP contribution in [0.4, 0.5) is 15.8 Å². The fourth-order valence-electron chi connectivity index (χ4n) is 2.41. The van der Waals surface area contributed by atoms with Gasteiger partial charge < -0.3 is 15.4 Å². The van der Waals surface area contributed by atoms with Gasteiger partial charge >= 0.3 is 0 Å². The van der Waals surface area contributed by atoms with E-state index in [0.29, 0.717) is 11.3 Å². The van der Waals surface area contributed by atoms with Gasteiger partial charge in [0.2, 0.25) is 0 Å². The summed E-state index contributed by atoms with van der Waals surface area (Å²) < 4.78 is 18.9. The monoisotopic (exact) mass is 351 g/mol. The van der Waals surface area contributed by atoms with Crippen LogP contribution in [-0.4, -0.2) is 18.0 Å². The van der Waals surface area contributed by atoms with E-state index in [4.69, 9.17) is 4.74 Å². The molecule has 0 unspecified atom stereocenters. The van der Waals surface area contributed by atoms with Crippen molar-refractivity contribution in [2.45, 2.75) is 6.54 Å². The molecule has 3 aromatic rings. The molecule has 0 aliphatic carbocycles. The second-order valence-corrected chi connectivity index (χ2v) is 5.53. The molecule has 2 N–H and O–H groups in total. The Balaban J connectivity index is 1.63. The normalized spacial score (nSPS) is 10.2. The molecule has 26 heavy (non-hydrogen) atoms. The summed E-state index contributed by atoms with van der Waals surface area (Å²) in [5, 5.41) is 5.85. The van der Waals surface area contributed by atoms with Crippen LogP contribution < -0.4 is 15.4 Å². The summed E-state index contributed by atoms with van der Waals surface area (Å²) in [4.78, 5) is 16.3. The van der Waals surface area contributed by atoms with E-state index >= 15 is 0 Å². The van der Waals surface area contributed by atoms with Gasteiger partial charge in [0.1, 0.15) is 17.3 Å². The van der Waals surface area contributed by atoms with E-state index in [1.165, 1.54) is 6.07 Å². The number of carbonyl (C=O) groups excluding carboxylic acids is 1. The van der Waals surface area contributed by atoms with E-state index in [1.54, 1.807) is 43.6 Å². The Morgan fingerprint density at radius 1 is 1.08 bits per heavy atom. The summed E-state index contributed by atoms with van der Waals surface area (Å²) in [6, 6.07) is 17.2. The van der Waals surface area contributed by atoms with E-state index < -0.39 is 0 Å². The van der Waals surface area contributed by atoms with E-state index in [2.05, 4.69) is 15.6 Å². The second-order valence-electron chi connectivity index (χ2n) is 5.53. The molecule has 0 fully saturated rings. The number of methoxy groups -OCH3 is 1. The van der Waals surface area contributed by atoms with Gasteiger partial charge in [-0.2, -0.15) is 0 Å². The van der Waals surface area contributed by atoms with Crippen molar-refractivity contribution in [3.05, 3.63) is 83.9 Å². The number of hydrogen-bond donors (Lipinski definition) is 2. The minimum Gasteiger partial charge on any atom is -0.495 e. The first-order chi connectivity index (χ1) is 12.7. The van der Waals surface area contributed by atoms with Crippen molar-refractivity contribution in [3.63, 3.8) is 0 Å². The summed E-state index contributed by atoms with van der Waals surface area (Å²) >= 11 is 0. The van der Waals surface area contributed by atoms with Gasteiger partial charge in [-0.15, -0.1) is 0 Å². The molecule has 132 valence electrons. The fraction of sp³-hybridized carbons (Fsp3) is 0.100. The van der Waals surface area contributed by atoms with Crippen LogP contribution in [0.3, 0.4) is 0 Å². The molecule has 0 aliphatic heterocycles. The van der Waals surface area contributed by atoms with E-state index in [-0.39, 0.29) is 24.0 Å². The predicted octanol–water partition coefficient (Wildman–Crippen LogP) is 3.90. The van der Waals surface area contributed by atoms with Gasteiger partial charge in [-0.3, -0.25) is 4.79 Å². The molecule has 0 saturated heterocycles. The van der Waals surface area contributed by atoms with Crippen LogP contribution in [0.1, 0.15) is 16.1 Å². The molecule has 2 aromatic carbocycles. The Kier molecular flexibility index (Phi) is 5.43. The summed E-state index contributed by atoms with van der Waals surface area (Å²) in [6.45, 7) is 0.106. The molecular formula is C20H18FN3O2. The van der Waals surface area contributed by atoms with Crippen molar-refractivity contribution in [3.8, 4) is 5.75 Å². The molecule has 6 heteroatoms. The average Bonchev–Trinajstić information content (AvgIpc) is 2.68. The standard InChI is InChI=1S/C20H18FN3O2/c1-26-19-9-5-4-8-17(19)24-15-10-11-18(22-13-15)20(25)23-12-14-6-2-3-7-16(14)21/h2-11,13,24H,12H2,1H3,(H,23,25). The van der Waals surface area contributed by atoms with Gasteiger partial charge in [0.25, 0.3) is 5.91 Å². The highest BCUT2D eigenvalue weighted by Gasteiger charge is 2.09. The minimum atomic E-state index is -0.364. The third-order valence-corrected chi connectivity index (χ3v) is 3.78. The number of benzene rings is 2. The Morgan fingerprint density at radius 3 is 2.58 bits per heavy atom. The SMILES string of the molecule is COc1ccccc1Nc1ccc(C(=O)NCc2ccccc2F)nc1. The number of aromatic nitrogens is 1. The van der Waals surface area contributed by atoms with E-state index in [0.717, 1.165) is 11.4 Å². The van der Waals surface area contributed by atoms with Crippen LogP contribution >= 0.6 is 0 Å². The fourth-order valence-corrected chi connectivity index (χ4v) is 2.41. The van der Waals surface area contributed by atoms with Crippen LogP contribution in [0, 0.1) is 5.82 Å².